The predicted octanol–water partition coefficient (Wildman–Crippen LogP) is 2.93. The van der Waals surface area contributed by atoms with Gasteiger partial charge in [-0.3, -0.25) is 10.1 Å². The zero-order valence-electron chi connectivity index (χ0n) is 13.4. The van der Waals surface area contributed by atoms with Crippen molar-refractivity contribution in [3.05, 3.63) is 57.5 Å². The van der Waals surface area contributed by atoms with Crippen LogP contribution in [0, 0.1) is 22.9 Å². The van der Waals surface area contributed by atoms with Crippen molar-refractivity contribution in [2.24, 2.45) is 0 Å². The Bertz CT molecular complexity index is 999. The molecule has 0 saturated carbocycles. The van der Waals surface area contributed by atoms with Crippen LogP contribution in [0.1, 0.15) is 22.8 Å². The molecule has 9 heteroatoms. The second kappa shape index (κ2) is 6.27. The van der Waals surface area contributed by atoms with Crippen LogP contribution in [-0.4, -0.2) is 32.3 Å². The quantitative estimate of drug-likeness (QED) is 0.410. The number of esters is 1. The van der Waals surface area contributed by atoms with Crippen LogP contribution < -0.4 is 0 Å². The van der Waals surface area contributed by atoms with E-state index in [9.17, 15) is 19.3 Å². The molecule has 0 bridgehead atoms. The highest BCUT2D eigenvalue weighted by atomic mass is 19.1. The number of fused-ring (bicyclic) bond motifs is 1. The molecule has 0 unspecified atom stereocenters. The Labute approximate surface area is 141 Å². The van der Waals surface area contributed by atoms with E-state index in [1.165, 1.54) is 10.8 Å². The Morgan fingerprint density at radius 3 is 2.84 bits per heavy atom. The van der Waals surface area contributed by atoms with E-state index in [4.69, 9.17) is 4.74 Å². The third-order valence-electron chi connectivity index (χ3n) is 3.65. The molecule has 0 aliphatic heterocycles. The normalized spacial score (nSPS) is 10.8. The molecule has 0 N–H and O–H groups in total. The minimum Gasteiger partial charge on any atom is -0.462 e. The van der Waals surface area contributed by atoms with Crippen LogP contribution in [0.25, 0.3) is 16.8 Å². The average Bonchev–Trinajstić information content (AvgIpc) is 2.98. The molecular formula is C16H13FN4O4. The first-order valence-corrected chi connectivity index (χ1v) is 7.39. The minimum absolute atomic E-state index is 0.236. The highest BCUT2D eigenvalue weighted by molar-refractivity contribution is 5.96. The summed E-state index contributed by atoms with van der Waals surface area (Å²) in [4.78, 5) is 22.0. The van der Waals surface area contributed by atoms with Crippen molar-refractivity contribution < 1.29 is 18.8 Å². The zero-order chi connectivity index (χ0) is 18.1. The van der Waals surface area contributed by atoms with E-state index in [0.717, 1.165) is 12.1 Å². The highest BCUT2D eigenvalue weighted by Gasteiger charge is 2.20. The van der Waals surface area contributed by atoms with E-state index in [2.05, 4.69) is 10.2 Å². The fraction of sp³-hybridized carbons (Fsp3) is 0.188. The third-order valence-corrected chi connectivity index (χ3v) is 3.65. The summed E-state index contributed by atoms with van der Waals surface area (Å²) in [6.07, 6.45) is 1.34. The second-order valence-corrected chi connectivity index (χ2v) is 5.25. The maximum absolute atomic E-state index is 13.7. The Morgan fingerprint density at radius 1 is 1.40 bits per heavy atom. The molecule has 0 atom stereocenters. The molecule has 2 heterocycles. The van der Waals surface area contributed by atoms with Crippen LogP contribution in [0.2, 0.25) is 0 Å². The van der Waals surface area contributed by atoms with Gasteiger partial charge >= 0.3 is 11.7 Å². The van der Waals surface area contributed by atoms with Gasteiger partial charge in [-0.2, -0.15) is 14.1 Å². The largest absolute Gasteiger partial charge is 0.462 e. The van der Waals surface area contributed by atoms with Crippen molar-refractivity contribution in [1.29, 1.82) is 0 Å². The number of benzene rings is 1. The summed E-state index contributed by atoms with van der Waals surface area (Å²) in [7, 11) is 0. The fourth-order valence-electron chi connectivity index (χ4n) is 2.46. The minimum atomic E-state index is -0.906. The first kappa shape index (κ1) is 16.5. The number of aryl methyl sites for hydroxylation is 1. The molecule has 8 nitrogen and oxygen atoms in total. The van der Waals surface area contributed by atoms with Gasteiger partial charge in [0.25, 0.3) is 0 Å². The van der Waals surface area contributed by atoms with E-state index in [0.29, 0.717) is 22.3 Å². The van der Waals surface area contributed by atoms with E-state index in [-0.39, 0.29) is 12.2 Å². The van der Waals surface area contributed by atoms with Gasteiger partial charge in [-0.25, -0.2) is 4.79 Å². The summed E-state index contributed by atoms with van der Waals surface area (Å²) in [5, 5.41) is 19.2. The van der Waals surface area contributed by atoms with E-state index in [1.807, 2.05) is 0 Å². The highest BCUT2D eigenvalue weighted by Crippen LogP contribution is 2.29. The van der Waals surface area contributed by atoms with E-state index < -0.39 is 22.4 Å². The molecule has 0 aliphatic rings. The molecule has 25 heavy (non-hydrogen) atoms. The number of ether oxygens (including phenoxy) is 1. The summed E-state index contributed by atoms with van der Waals surface area (Å²) in [5.74, 6) is -1.42. The van der Waals surface area contributed by atoms with Crippen molar-refractivity contribution in [2.45, 2.75) is 13.8 Å². The van der Waals surface area contributed by atoms with Crippen molar-refractivity contribution in [3.8, 4) is 11.3 Å². The third kappa shape index (κ3) is 2.91. The number of hydrogen-bond acceptors (Lipinski definition) is 6. The van der Waals surface area contributed by atoms with E-state index >= 15 is 0 Å². The van der Waals surface area contributed by atoms with Crippen LogP contribution in [0.15, 0.2) is 30.5 Å². The molecule has 0 amide bonds. The lowest BCUT2D eigenvalue weighted by atomic mass is 10.0. The molecule has 0 aliphatic carbocycles. The molecule has 1 aromatic carbocycles. The predicted molar refractivity (Wildman–Crippen MR) is 85.7 cm³/mol. The van der Waals surface area contributed by atoms with Crippen molar-refractivity contribution >= 4 is 17.2 Å². The lowest BCUT2D eigenvalue weighted by molar-refractivity contribution is -0.387. The zero-order valence-corrected chi connectivity index (χ0v) is 13.4. The number of halogens is 1. The van der Waals surface area contributed by atoms with Gasteiger partial charge in [0.15, 0.2) is 0 Å². The lowest BCUT2D eigenvalue weighted by Crippen LogP contribution is -2.05. The van der Waals surface area contributed by atoms with Gasteiger partial charge < -0.3 is 4.74 Å². The number of nitro groups is 1. The number of hydrogen-bond donors (Lipinski definition) is 0. The molecule has 3 aromatic rings. The lowest BCUT2D eigenvalue weighted by Gasteiger charge is -2.06. The number of rotatable bonds is 4. The van der Waals surface area contributed by atoms with Gasteiger partial charge in [0.05, 0.1) is 23.4 Å². The van der Waals surface area contributed by atoms with Crippen LogP contribution in [0.3, 0.4) is 0 Å². The molecule has 128 valence electrons. The van der Waals surface area contributed by atoms with Gasteiger partial charge in [0.2, 0.25) is 5.82 Å². The van der Waals surface area contributed by atoms with Crippen molar-refractivity contribution in [3.63, 3.8) is 0 Å². The van der Waals surface area contributed by atoms with Gasteiger partial charge in [-0.05, 0) is 37.6 Å². The molecule has 0 radical (unpaired) electrons. The Balaban J connectivity index is 2.10. The monoisotopic (exact) mass is 344 g/mol. The maximum Gasteiger partial charge on any atom is 0.342 e. The first-order valence-electron chi connectivity index (χ1n) is 7.39. The molecule has 0 spiro atoms. The maximum atomic E-state index is 13.7. The van der Waals surface area contributed by atoms with Crippen molar-refractivity contribution in [1.82, 2.24) is 14.8 Å². The first-order chi connectivity index (χ1) is 11.9. The van der Waals surface area contributed by atoms with Crippen LogP contribution in [0.4, 0.5) is 10.1 Å². The van der Waals surface area contributed by atoms with E-state index in [1.54, 1.807) is 26.0 Å². The van der Waals surface area contributed by atoms with Gasteiger partial charge in [-0.1, -0.05) is 0 Å². The van der Waals surface area contributed by atoms with Gasteiger partial charge in [0, 0.05) is 11.6 Å². The number of nitro benzene ring substituents is 1. The fourth-order valence-corrected chi connectivity index (χ4v) is 2.46. The van der Waals surface area contributed by atoms with Crippen LogP contribution >= 0.6 is 0 Å². The summed E-state index contributed by atoms with van der Waals surface area (Å²) in [6.45, 7) is 3.56. The summed E-state index contributed by atoms with van der Waals surface area (Å²) >= 11 is 0. The molecule has 3 rings (SSSR count). The number of nitrogens with zero attached hydrogens (tertiary/aromatic N) is 4. The standard InChI is InChI=1S/C16H13FN4O4/c1-3-25-16(22)11-8-18-20-14(11)5-4-13(19-20)10-7-15(21(23)24)12(17)6-9(10)2/h4-8H,3H2,1-2H3. The summed E-state index contributed by atoms with van der Waals surface area (Å²) in [5.41, 5.74) is 1.34. The molecule has 0 saturated heterocycles. The topological polar surface area (TPSA) is 99.6 Å². The number of aromatic nitrogens is 3. The Kier molecular flexibility index (Phi) is 4.14. The Morgan fingerprint density at radius 2 is 2.16 bits per heavy atom. The average molecular weight is 344 g/mol. The molecular weight excluding hydrogens is 331 g/mol. The van der Waals surface area contributed by atoms with Gasteiger partial charge in [0.1, 0.15) is 11.1 Å². The molecule has 0 fully saturated rings. The number of carbonyl (C=O) groups is 1. The Hall–Kier alpha value is -3.36. The smallest absolute Gasteiger partial charge is 0.342 e. The SMILES string of the molecule is CCOC(=O)c1cnn2nc(-c3cc([N+](=O)[O-])c(F)cc3C)ccc12. The van der Waals surface area contributed by atoms with Gasteiger partial charge in [-0.15, -0.1) is 5.10 Å². The molecule has 2 aromatic heterocycles. The number of carbonyl (C=O) groups excluding carboxylic acids is 1. The van der Waals surface area contributed by atoms with Crippen LogP contribution in [-0.2, 0) is 4.74 Å². The van der Waals surface area contributed by atoms with Crippen LogP contribution in [0.5, 0.6) is 0 Å². The van der Waals surface area contributed by atoms with Crippen molar-refractivity contribution in [2.75, 3.05) is 6.61 Å². The second-order valence-electron chi connectivity index (χ2n) is 5.25. The summed E-state index contributed by atoms with van der Waals surface area (Å²) in [6, 6.07) is 5.42. The summed E-state index contributed by atoms with van der Waals surface area (Å²) < 4.78 is 19.9.